The van der Waals surface area contributed by atoms with Crippen LogP contribution < -0.4 is 5.56 Å². The van der Waals surface area contributed by atoms with Crippen LogP contribution in [-0.2, 0) is 17.6 Å². The van der Waals surface area contributed by atoms with E-state index < -0.39 is 0 Å². The van der Waals surface area contributed by atoms with Gasteiger partial charge in [0, 0.05) is 22.8 Å². The molecule has 6 rings (SSSR count). The summed E-state index contributed by atoms with van der Waals surface area (Å²) < 4.78 is 2.15. The van der Waals surface area contributed by atoms with Crippen LogP contribution >= 0.6 is 11.8 Å². The lowest BCUT2D eigenvalue weighted by atomic mass is 9.62. The molecule has 0 bridgehead atoms. The van der Waals surface area contributed by atoms with Gasteiger partial charge in [0.1, 0.15) is 0 Å². The van der Waals surface area contributed by atoms with E-state index in [9.17, 15) is 4.79 Å². The highest BCUT2D eigenvalue weighted by Crippen LogP contribution is 2.49. The first-order chi connectivity index (χ1) is 17.1. The van der Waals surface area contributed by atoms with E-state index in [-0.39, 0.29) is 17.0 Å². The first-order valence-corrected chi connectivity index (χ1v) is 14.6. The molecule has 3 aromatic rings. The van der Waals surface area contributed by atoms with Gasteiger partial charge in [0.05, 0.1) is 11.3 Å². The number of hydrogen-bond donors (Lipinski definition) is 0. The van der Waals surface area contributed by atoms with Crippen molar-refractivity contribution in [3.8, 4) is 11.3 Å². The Kier molecular flexibility index (Phi) is 6.34. The maximum atomic E-state index is 14.6. The van der Waals surface area contributed by atoms with Crippen LogP contribution in [0.3, 0.4) is 0 Å². The standard InChI is InChI=1S/C31H36N2OS/c1-22-14-16-23(17-15-22)21-35-30-32-28-26-13-7-6-10-24(26)20-31(18-8-3-9-19-31)27(28)29(34)33(30)25-11-4-2-5-12-25/h6-7,10,13-17,25H,2-5,8-9,11-12,18-21H2,1H3. The summed E-state index contributed by atoms with van der Waals surface area (Å²) in [5.74, 6) is 0.838. The third-order valence-corrected chi connectivity index (χ3v) is 9.68. The van der Waals surface area contributed by atoms with Crippen LogP contribution in [0.2, 0.25) is 0 Å². The molecule has 3 aliphatic carbocycles. The van der Waals surface area contributed by atoms with Crippen LogP contribution in [0, 0.1) is 6.92 Å². The lowest BCUT2D eigenvalue weighted by molar-refractivity contribution is 0.273. The Labute approximate surface area is 213 Å². The molecular weight excluding hydrogens is 448 g/mol. The summed E-state index contributed by atoms with van der Waals surface area (Å²) in [4.78, 5) is 20.0. The third-order valence-electron chi connectivity index (χ3n) is 8.65. The molecule has 0 radical (unpaired) electrons. The number of aromatic nitrogens is 2. The Morgan fingerprint density at radius 1 is 0.943 bits per heavy atom. The van der Waals surface area contributed by atoms with Crippen molar-refractivity contribution in [1.82, 2.24) is 9.55 Å². The van der Waals surface area contributed by atoms with Crippen molar-refractivity contribution in [3.63, 3.8) is 0 Å². The van der Waals surface area contributed by atoms with Crippen LogP contribution in [0.25, 0.3) is 11.3 Å². The number of thioether (sulfide) groups is 1. The van der Waals surface area contributed by atoms with Gasteiger partial charge in [0.25, 0.3) is 5.56 Å². The first kappa shape index (κ1) is 23.1. The van der Waals surface area contributed by atoms with E-state index in [0.717, 1.165) is 54.3 Å². The second-order valence-electron chi connectivity index (χ2n) is 11.0. The molecule has 0 saturated heterocycles. The highest BCUT2D eigenvalue weighted by molar-refractivity contribution is 7.98. The van der Waals surface area contributed by atoms with Crippen LogP contribution in [0.15, 0.2) is 58.5 Å². The molecule has 3 nitrogen and oxygen atoms in total. The molecule has 35 heavy (non-hydrogen) atoms. The van der Waals surface area contributed by atoms with E-state index >= 15 is 0 Å². The van der Waals surface area contributed by atoms with Crippen LogP contribution in [0.5, 0.6) is 0 Å². The highest BCUT2D eigenvalue weighted by Gasteiger charge is 2.44. The average Bonchev–Trinajstić information content (AvgIpc) is 2.89. The lowest BCUT2D eigenvalue weighted by Crippen LogP contribution is -2.44. The summed E-state index contributed by atoms with van der Waals surface area (Å²) in [7, 11) is 0. The molecule has 0 aliphatic heterocycles. The summed E-state index contributed by atoms with van der Waals surface area (Å²) >= 11 is 1.75. The Morgan fingerprint density at radius 3 is 2.43 bits per heavy atom. The topological polar surface area (TPSA) is 34.9 Å². The largest absolute Gasteiger partial charge is 0.284 e. The zero-order chi connectivity index (χ0) is 23.8. The third kappa shape index (κ3) is 4.28. The Balaban J connectivity index is 1.51. The van der Waals surface area contributed by atoms with Gasteiger partial charge in [-0.05, 0) is 50.2 Å². The second-order valence-corrected chi connectivity index (χ2v) is 12.0. The minimum absolute atomic E-state index is 0.0391. The van der Waals surface area contributed by atoms with Gasteiger partial charge in [-0.25, -0.2) is 4.98 Å². The molecule has 0 unspecified atom stereocenters. The first-order valence-electron chi connectivity index (χ1n) is 13.6. The van der Waals surface area contributed by atoms with Gasteiger partial charge in [-0.3, -0.25) is 9.36 Å². The van der Waals surface area contributed by atoms with Crippen molar-refractivity contribution in [2.24, 2.45) is 0 Å². The quantitative estimate of drug-likeness (QED) is 0.280. The fourth-order valence-electron chi connectivity index (χ4n) is 6.80. The van der Waals surface area contributed by atoms with Crippen LogP contribution in [0.1, 0.15) is 92.5 Å². The maximum absolute atomic E-state index is 14.6. The number of aryl methyl sites for hydroxylation is 1. The summed E-state index contributed by atoms with van der Waals surface area (Å²) in [5, 5.41) is 0.920. The van der Waals surface area contributed by atoms with E-state index in [2.05, 4.69) is 60.0 Å². The lowest BCUT2D eigenvalue weighted by Gasteiger charge is -2.42. The fraction of sp³-hybridized carbons (Fsp3) is 0.484. The van der Waals surface area contributed by atoms with Crippen LogP contribution in [0.4, 0.5) is 0 Å². The van der Waals surface area contributed by atoms with Crippen molar-refractivity contribution < 1.29 is 0 Å². The summed E-state index contributed by atoms with van der Waals surface area (Å²) in [5.41, 5.74) is 7.37. The molecule has 3 aliphatic rings. The normalized spacial score (nSPS) is 19.3. The molecule has 4 heteroatoms. The van der Waals surface area contributed by atoms with Crippen molar-refractivity contribution in [1.29, 1.82) is 0 Å². The predicted molar refractivity (Wildman–Crippen MR) is 145 cm³/mol. The summed E-state index contributed by atoms with van der Waals surface area (Å²) in [6, 6.07) is 17.8. The van der Waals surface area contributed by atoms with Gasteiger partial charge in [-0.2, -0.15) is 0 Å². The average molecular weight is 485 g/mol. The Hall–Kier alpha value is -2.33. The highest BCUT2D eigenvalue weighted by atomic mass is 32.2. The van der Waals surface area contributed by atoms with Crippen LogP contribution in [-0.4, -0.2) is 9.55 Å². The number of benzene rings is 2. The van der Waals surface area contributed by atoms with E-state index in [1.165, 1.54) is 60.8 Å². The van der Waals surface area contributed by atoms with E-state index in [4.69, 9.17) is 4.98 Å². The SMILES string of the molecule is Cc1ccc(CSc2nc3c(c(=O)n2C2CCCCC2)C2(CCCCC2)Cc2ccccc2-3)cc1. The zero-order valence-electron chi connectivity index (χ0n) is 20.9. The molecule has 182 valence electrons. The molecule has 1 aromatic heterocycles. The number of nitrogens with zero attached hydrogens (tertiary/aromatic N) is 2. The smallest absolute Gasteiger partial charge is 0.258 e. The monoisotopic (exact) mass is 484 g/mol. The molecule has 2 aromatic carbocycles. The van der Waals surface area contributed by atoms with Crippen molar-refractivity contribution in [2.75, 3.05) is 0 Å². The molecule has 2 saturated carbocycles. The Bertz CT molecular complexity index is 1260. The molecular formula is C31H36N2OS. The van der Waals surface area contributed by atoms with Gasteiger partial charge in [0.15, 0.2) is 5.16 Å². The summed E-state index contributed by atoms with van der Waals surface area (Å²) in [6.45, 7) is 2.13. The number of hydrogen-bond acceptors (Lipinski definition) is 3. The number of rotatable bonds is 4. The van der Waals surface area contributed by atoms with Crippen molar-refractivity contribution >= 4 is 11.8 Å². The zero-order valence-corrected chi connectivity index (χ0v) is 21.7. The van der Waals surface area contributed by atoms with Gasteiger partial charge >= 0.3 is 0 Å². The molecule has 1 heterocycles. The second kappa shape index (κ2) is 9.61. The molecule has 0 N–H and O–H groups in total. The minimum Gasteiger partial charge on any atom is -0.284 e. The van der Waals surface area contributed by atoms with Gasteiger partial charge in [-0.15, -0.1) is 0 Å². The molecule has 0 amide bonds. The van der Waals surface area contributed by atoms with E-state index in [1.807, 2.05) is 0 Å². The van der Waals surface area contributed by atoms with Crippen molar-refractivity contribution in [2.45, 2.75) is 99.9 Å². The molecule has 1 spiro atoms. The summed E-state index contributed by atoms with van der Waals surface area (Å²) in [6.07, 6.45) is 12.9. The number of fused-ring (bicyclic) bond motifs is 4. The predicted octanol–water partition coefficient (Wildman–Crippen LogP) is 7.77. The van der Waals surface area contributed by atoms with Gasteiger partial charge < -0.3 is 0 Å². The maximum Gasteiger partial charge on any atom is 0.258 e. The van der Waals surface area contributed by atoms with Gasteiger partial charge in [-0.1, -0.05) is 104 Å². The fourth-order valence-corrected chi connectivity index (χ4v) is 7.81. The minimum atomic E-state index is -0.0391. The van der Waals surface area contributed by atoms with E-state index in [1.54, 1.807) is 11.8 Å². The van der Waals surface area contributed by atoms with Crippen molar-refractivity contribution in [3.05, 3.63) is 81.1 Å². The molecule has 2 fully saturated rings. The van der Waals surface area contributed by atoms with Gasteiger partial charge in [0.2, 0.25) is 0 Å². The Morgan fingerprint density at radius 2 is 1.66 bits per heavy atom. The van der Waals surface area contributed by atoms with E-state index in [0.29, 0.717) is 0 Å². The molecule has 0 atom stereocenters.